The van der Waals surface area contributed by atoms with E-state index in [9.17, 15) is 9.59 Å². The molecule has 0 unspecified atom stereocenters. The number of rotatable bonds is 9. The number of hydrogen-bond donors (Lipinski definition) is 2. The molecular weight excluding hydrogens is 324 g/mol. The third kappa shape index (κ3) is 6.71. The fraction of sp³-hybridized carbons (Fsp3) is 0.364. The standard InChI is InChI=1S/C22H28N2O2/c1-17(19-11-5-3-6-12-19)23-21(25)15-9-10-16-22(26)24-18(2)20-13-7-4-8-14-20/h3-8,11-14,17-18H,9-10,15-16H2,1-2H3,(H,23,25)(H,24,26)/t17-,18+. The summed E-state index contributed by atoms with van der Waals surface area (Å²) in [6.45, 7) is 3.96. The molecule has 0 bridgehead atoms. The van der Waals surface area contributed by atoms with Crippen molar-refractivity contribution >= 4 is 11.8 Å². The van der Waals surface area contributed by atoms with Gasteiger partial charge in [0.15, 0.2) is 0 Å². The minimum atomic E-state index is -0.00118. The highest BCUT2D eigenvalue weighted by Crippen LogP contribution is 2.13. The summed E-state index contributed by atoms with van der Waals surface area (Å²) in [5.41, 5.74) is 2.19. The van der Waals surface area contributed by atoms with Crippen molar-refractivity contribution in [3.05, 3.63) is 71.8 Å². The molecule has 2 amide bonds. The quantitative estimate of drug-likeness (QED) is 0.661. The van der Waals surface area contributed by atoms with Crippen molar-refractivity contribution in [1.29, 1.82) is 0 Å². The zero-order valence-electron chi connectivity index (χ0n) is 15.6. The van der Waals surface area contributed by atoms with Crippen LogP contribution in [0.2, 0.25) is 0 Å². The van der Waals surface area contributed by atoms with Gasteiger partial charge in [0.2, 0.25) is 11.8 Å². The van der Waals surface area contributed by atoms with Gasteiger partial charge in [-0.15, -0.1) is 0 Å². The highest BCUT2D eigenvalue weighted by molar-refractivity contribution is 5.77. The molecule has 0 heterocycles. The van der Waals surface area contributed by atoms with Crippen LogP contribution < -0.4 is 10.6 Å². The first-order valence-corrected chi connectivity index (χ1v) is 9.25. The van der Waals surface area contributed by atoms with Gasteiger partial charge in [0.1, 0.15) is 0 Å². The molecule has 0 radical (unpaired) electrons. The predicted octanol–water partition coefficient (Wildman–Crippen LogP) is 4.30. The minimum Gasteiger partial charge on any atom is -0.350 e. The molecule has 0 aliphatic heterocycles. The maximum absolute atomic E-state index is 12.0. The topological polar surface area (TPSA) is 58.2 Å². The molecule has 0 aliphatic carbocycles. The molecule has 0 saturated heterocycles. The Morgan fingerprint density at radius 1 is 0.692 bits per heavy atom. The molecule has 2 rings (SSSR count). The van der Waals surface area contributed by atoms with Crippen LogP contribution in [0.5, 0.6) is 0 Å². The molecule has 2 atom stereocenters. The first-order valence-electron chi connectivity index (χ1n) is 9.25. The van der Waals surface area contributed by atoms with Gasteiger partial charge in [-0.3, -0.25) is 9.59 Å². The van der Waals surface area contributed by atoms with E-state index >= 15 is 0 Å². The summed E-state index contributed by atoms with van der Waals surface area (Å²) >= 11 is 0. The van der Waals surface area contributed by atoms with E-state index in [1.54, 1.807) is 0 Å². The monoisotopic (exact) mass is 352 g/mol. The largest absolute Gasteiger partial charge is 0.350 e. The fourth-order valence-corrected chi connectivity index (χ4v) is 2.85. The van der Waals surface area contributed by atoms with Gasteiger partial charge in [-0.1, -0.05) is 60.7 Å². The number of nitrogens with one attached hydrogen (secondary N) is 2. The molecule has 2 aromatic rings. The molecule has 2 aromatic carbocycles. The zero-order chi connectivity index (χ0) is 18.8. The van der Waals surface area contributed by atoms with Crippen LogP contribution in [0.3, 0.4) is 0 Å². The number of carbonyl (C=O) groups excluding carboxylic acids is 2. The van der Waals surface area contributed by atoms with Crippen molar-refractivity contribution in [2.75, 3.05) is 0 Å². The summed E-state index contributed by atoms with van der Waals surface area (Å²) in [7, 11) is 0. The van der Waals surface area contributed by atoms with Crippen LogP contribution >= 0.6 is 0 Å². The summed E-state index contributed by atoms with van der Waals surface area (Å²) in [5.74, 6) is 0.0545. The third-order valence-electron chi connectivity index (χ3n) is 4.41. The highest BCUT2D eigenvalue weighted by Gasteiger charge is 2.11. The van der Waals surface area contributed by atoms with Crippen molar-refractivity contribution in [3.63, 3.8) is 0 Å². The number of amides is 2. The van der Waals surface area contributed by atoms with Gasteiger partial charge in [-0.05, 0) is 37.8 Å². The Kier molecular flexibility index (Phi) is 7.87. The minimum absolute atomic E-state index is 0.00118. The average molecular weight is 352 g/mol. The van der Waals surface area contributed by atoms with Crippen molar-refractivity contribution in [1.82, 2.24) is 10.6 Å². The van der Waals surface area contributed by atoms with Gasteiger partial charge in [-0.25, -0.2) is 0 Å². The lowest BCUT2D eigenvalue weighted by Crippen LogP contribution is -2.27. The van der Waals surface area contributed by atoms with Crippen LogP contribution in [0.15, 0.2) is 60.7 Å². The first-order chi connectivity index (χ1) is 12.6. The summed E-state index contributed by atoms with van der Waals surface area (Å²) in [6.07, 6.45) is 2.30. The molecule has 4 heteroatoms. The van der Waals surface area contributed by atoms with E-state index in [1.807, 2.05) is 74.5 Å². The normalized spacial score (nSPS) is 12.8. The van der Waals surface area contributed by atoms with Gasteiger partial charge >= 0.3 is 0 Å². The second kappa shape index (κ2) is 10.4. The Labute approximate surface area is 156 Å². The lowest BCUT2D eigenvalue weighted by molar-refractivity contribution is -0.123. The van der Waals surface area contributed by atoms with Gasteiger partial charge < -0.3 is 10.6 Å². The lowest BCUT2D eigenvalue weighted by atomic mass is 10.1. The first kappa shape index (κ1) is 19.7. The predicted molar refractivity (Wildman–Crippen MR) is 104 cm³/mol. The van der Waals surface area contributed by atoms with E-state index in [4.69, 9.17) is 0 Å². The third-order valence-corrected chi connectivity index (χ3v) is 4.41. The molecule has 26 heavy (non-hydrogen) atoms. The second-order valence-corrected chi connectivity index (χ2v) is 6.61. The van der Waals surface area contributed by atoms with Crippen LogP contribution in [0.25, 0.3) is 0 Å². The van der Waals surface area contributed by atoms with Crippen LogP contribution in [0.4, 0.5) is 0 Å². The number of benzene rings is 2. The Bertz CT molecular complexity index is 624. The molecular formula is C22H28N2O2. The summed E-state index contributed by atoms with van der Waals surface area (Å²) in [5, 5.41) is 6.00. The Morgan fingerprint density at radius 3 is 1.38 bits per heavy atom. The molecule has 0 aromatic heterocycles. The van der Waals surface area contributed by atoms with Gasteiger partial charge in [0.25, 0.3) is 0 Å². The smallest absolute Gasteiger partial charge is 0.220 e. The van der Waals surface area contributed by atoms with Crippen LogP contribution in [0, 0.1) is 0 Å². The molecule has 0 fully saturated rings. The van der Waals surface area contributed by atoms with E-state index in [2.05, 4.69) is 10.6 Å². The van der Waals surface area contributed by atoms with Gasteiger partial charge in [0.05, 0.1) is 12.1 Å². The van der Waals surface area contributed by atoms with Crippen molar-refractivity contribution in [2.45, 2.75) is 51.6 Å². The van der Waals surface area contributed by atoms with Crippen molar-refractivity contribution in [2.24, 2.45) is 0 Å². The van der Waals surface area contributed by atoms with Gasteiger partial charge in [0, 0.05) is 12.8 Å². The number of carbonyl (C=O) groups is 2. The van der Waals surface area contributed by atoms with E-state index in [-0.39, 0.29) is 23.9 Å². The average Bonchev–Trinajstić information content (AvgIpc) is 2.66. The van der Waals surface area contributed by atoms with E-state index in [0.29, 0.717) is 25.7 Å². The Balaban J connectivity index is 1.62. The van der Waals surface area contributed by atoms with Gasteiger partial charge in [-0.2, -0.15) is 0 Å². The zero-order valence-corrected chi connectivity index (χ0v) is 15.6. The van der Waals surface area contributed by atoms with E-state index in [1.165, 1.54) is 0 Å². The lowest BCUT2D eigenvalue weighted by Gasteiger charge is -2.15. The molecule has 2 N–H and O–H groups in total. The number of unbranched alkanes of at least 4 members (excludes halogenated alkanes) is 1. The van der Waals surface area contributed by atoms with Crippen LogP contribution in [0.1, 0.15) is 62.7 Å². The summed E-state index contributed by atoms with van der Waals surface area (Å²) in [4.78, 5) is 24.0. The molecule has 0 aliphatic rings. The molecule has 0 saturated carbocycles. The van der Waals surface area contributed by atoms with Crippen molar-refractivity contribution in [3.8, 4) is 0 Å². The molecule has 138 valence electrons. The SMILES string of the molecule is C[C@H](NC(=O)CCCCC(=O)N[C@H](C)c1ccccc1)c1ccccc1. The molecule has 0 spiro atoms. The summed E-state index contributed by atoms with van der Waals surface area (Å²) < 4.78 is 0. The van der Waals surface area contributed by atoms with Crippen LogP contribution in [-0.4, -0.2) is 11.8 Å². The fourth-order valence-electron chi connectivity index (χ4n) is 2.85. The van der Waals surface area contributed by atoms with E-state index in [0.717, 1.165) is 11.1 Å². The molecule has 4 nitrogen and oxygen atoms in total. The number of hydrogen-bond acceptors (Lipinski definition) is 2. The summed E-state index contributed by atoms with van der Waals surface area (Å²) in [6, 6.07) is 19.8. The maximum Gasteiger partial charge on any atom is 0.220 e. The highest BCUT2D eigenvalue weighted by atomic mass is 16.2. The Hall–Kier alpha value is -2.62. The van der Waals surface area contributed by atoms with Crippen molar-refractivity contribution < 1.29 is 9.59 Å². The Morgan fingerprint density at radius 2 is 1.04 bits per heavy atom. The van der Waals surface area contributed by atoms with E-state index < -0.39 is 0 Å². The van der Waals surface area contributed by atoms with Crippen LogP contribution in [-0.2, 0) is 9.59 Å². The maximum atomic E-state index is 12.0. The second-order valence-electron chi connectivity index (χ2n) is 6.61.